The number of benzene rings is 1. The second-order valence-electron chi connectivity index (χ2n) is 5.17. The van der Waals surface area contributed by atoms with Crippen molar-refractivity contribution in [1.82, 2.24) is 15.6 Å². The van der Waals surface area contributed by atoms with E-state index in [1.807, 2.05) is 17.5 Å². The third kappa shape index (κ3) is 3.69. The number of hydrogen-bond donors (Lipinski definition) is 3. The Labute approximate surface area is 148 Å². The van der Waals surface area contributed by atoms with Crippen LogP contribution >= 0.6 is 11.3 Å². The summed E-state index contributed by atoms with van der Waals surface area (Å²) in [6.45, 7) is 1.74. The van der Waals surface area contributed by atoms with E-state index < -0.39 is 5.91 Å². The van der Waals surface area contributed by atoms with Crippen molar-refractivity contribution in [2.75, 3.05) is 7.11 Å². The third-order valence-electron chi connectivity index (χ3n) is 3.52. The quantitative estimate of drug-likeness (QED) is 0.483. The first-order chi connectivity index (χ1) is 12.1. The smallest absolute Gasteiger partial charge is 0.291 e. The number of methoxy groups -OCH3 is 1. The molecule has 2 heterocycles. The zero-order valence-electron chi connectivity index (χ0n) is 13.6. The molecule has 7 nitrogen and oxygen atoms in total. The topological polar surface area (TPSA) is 99.6 Å². The highest BCUT2D eigenvalue weighted by atomic mass is 32.1. The Balaban J connectivity index is 1.71. The number of aromatic nitrogens is 2. The Kier molecular flexibility index (Phi) is 4.80. The van der Waals surface area contributed by atoms with Gasteiger partial charge < -0.3 is 9.84 Å². The molecule has 0 spiro atoms. The summed E-state index contributed by atoms with van der Waals surface area (Å²) in [5.41, 5.74) is 4.80. The molecule has 0 radical (unpaired) electrons. The lowest BCUT2D eigenvalue weighted by Gasteiger charge is -2.06. The largest absolute Gasteiger partial charge is 0.504 e. The lowest BCUT2D eigenvalue weighted by atomic mass is 10.1. The van der Waals surface area contributed by atoms with E-state index in [4.69, 9.17) is 4.74 Å². The molecule has 0 aliphatic rings. The van der Waals surface area contributed by atoms with Crippen molar-refractivity contribution in [1.29, 1.82) is 0 Å². The number of ether oxygens (including phenoxy) is 1. The van der Waals surface area contributed by atoms with E-state index in [1.165, 1.54) is 13.2 Å². The first-order valence-electron chi connectivity index (χ1n) is 7.40. The average molecular weight is 356 g/mol. The molecule has 0 fully saturated rings. The van der Waals surface area contributed by atoms with E-state index in [0.717, 1.165) is 16.1 Å². The normalized spacial score (nSPS) is 11.4. The number of aromatic amines is 1. The van der Waals surface area contributed by atoms with E-state index in [9.17, 15) is 9.90 Å². The standard InChI is InChI=1S/C17H16N4O3S/c1-10(11-5-6-14(22)15(8-11)24-2)18-21-17(23)13-9-12(19-20-13)16-4-3-7-25-16/h3-9,22H,1-2H3,(H,19,20)(H,21,23). The molecule has 0 saturated heterocycles. The molecule has 3 aromatic rings. The Morgan fingerprint density at radius 1 is 1.36 bits per heavy atom. The van der Waals surface area contributed by atoms with Gasteiger partial charge in [-0.2, -0.15) is 10.2 Å². The molecule has 8 heteroatoms. The van der Waals surface area contributed by atoms with Crippen molar-refractivity contribution >= 4 is 23.0 Å². The first kappa shape index (κ1) is 16.7. The van der Waals surface area contributed by atoms with Crippen molar-refractivity contribution in [3.63, 3.8) is 0 Å². The van der Waals surface area contributed by atoms with Crippen molar-refractivity contribution < 1.29 is 14.6 Å². The fourth-order valence-corrected chi connectivity index (χ4v) is 2.85. The summed E-state index contributed by atoms with van der Waals surface area (Å²) in [5, 5.41) is 22.5. The van der Waals surface area contributed by atoms with Crippen LogP contribution in [0.3, 0.4) is 0 Å². The van der Waals surface area contributed by atoms with Crippen LogP contribution in [0.15, 0.2) is 46.9 Å². The molecule has 0 unspecified atom stereocenters. The summed E-state index contributed by atoms with van der Waals surface area (Å²) in [7, 11) is 1.47. The summed E-state index contributed by atoms with van der Waals surface area (Å²) in [4.78, 5) is 13.2. The predicted octanol–water partition coefficient (Wildman–Crippen LogP) is 3.01. The van der Waals surface area contributed by atoms with E-state index in [1.54, 1.807) is 36.5 Å². The van der Waals surface area contributed by atoms with E-state index >= 15 is 0 Å². The fourth-order valence-electron chi connectivity index (χ4n) is 2.16. The molecule has 0 aliphatic heterocycles. The molecule has 128 valence electrons. The molecule has 1 aromatic carbocycles. The Morgan fingerprint density at radius 2 is 2.20 bits per heavy atom. The van der Waals surface area contributed by atoms with Gasteiger partial charge in [0.05, 0.1) is 23.4 Å². The Bertz CT molecular complexity index is 916. The highest BCUT2D eigenvalue weighted by molar-refractivity contribution is 7.13. The minimum absolute atomic E-state index is 0.0423. The average Bonchev–Trinajstić information content (AvgIpc) is 3.30. The lowest BCUT2D eigenvalue weighted by Crippen LogP contribution is -2.19. The summed E-state index contributed by atoms with van der Waals surface area (Å²) in [6, 6.07) is 10.4. The van der Waals surface area contributed by atoms with Gasteiger partial charge in [0.1, 0.15) is 0 Å². The van der Waals surface area contributed by atoms with Crippen LogP contribution in [-0.4, -0.2) is 34.0 Å². The number of phenolic OH excluding ortho intramolecular Hbond substituents is 1. The molecule has 3 rings (SSSR count). The van der Waals surface area contributed by atoms with Gasteiger partial charge in [0.25, 0.3) is 5.91 Å². The summed E-state index contributed by atoms with van der Waals surface area (Å²) >= 11 is 1.56. The van der Waals surface area contributed by atoms with Crippen molar-refractivity contribution in [3.05, 3.63) is 53.0 Å². The molecule has 3 N–H and O–H groups in total. The zero-order chi connectivity index (χ0) is 17.8. The second-order valence-corrected chi connectivity index (χ2v) is 6.12. The third-order valence-corrected chi connectivity index (χ3v) is 4.42. The van der Waals surface area contributed by atoms with Crippen molar-refractivity contribution in [3.8, 4) is 22.1 Å². The van der Waals surface area contributed by atoms with Gasteiger partial charge in [0, 0.05) is 5.56 Å². The number of phenols is 1. The number of amides is 1. The van der Waals surface area contributed by atoms with Gasteiger partial charge in [0.2, 0.25) is 0 Å². The molecular weight excluding hydrogens is 340 g/mol. The van der Waals surface area contributed by atoms with Crippen LogP contribution < -0.4 is 10.2 Å². The molecule has 2 aromatic heterocycles. The Morgan fingerprint density at radius 3 is 2.92 bits per heavy atom. The number of rotatable bonds is 5. The van der Waals surface area contributed by atoms with Crippen LogP contribution in [0.4, 0.5) is 0 Å². The fraction of sp³-hybridized carbons (Fsp3) is 0.118. The first-order valence-corrected chi connectivity index (χ1v) is 8.27. The molecule has 0 atom stereocenters. The molecule has 1 amide bonds. The van der Waals surface area contributed by atoms with Crippen LogP contribution in [0, 0.1) is 0 Å². The maximum Gasteiger partial charge on any atom is 0.291 e. The molecule has 0 saturated carbocycles. The van der Waals surface area contributed by atoms with Gasteiger partial charge in [-0.3, -0.25) is 9.89 Å². The minimum atomic E-state index is -0.413. The Hall–Kier alpha value is -3.13. The summed E-state index contributed by atoms with van der Waals surface area (Å²) in [6.07, 6.45) is 0. The number of nitrogens with zero attached hydrogens (tertiary/aromatic N) is 2. The van der Waals surface area contributed by atoms with Crippen molar-refractivity contribution in [2.45, 2.75) is 6.92 Å². The number of carbonyl (C=O) groups is 1. The van der Waals surface area contributed by atoms with Gasteiger partial charge >= 0.3 is 0 Å². The van der Waals surface area contributed by atoms with Crippen molar-refractivity contribution in [2.24, 2.45) is 5.10 Å². The molecule has 0 aliphatic carbocycles. The highest BCUT2D eigenvalue weighted by Crippen LogP contribution is 2.26. The van der Waals surface area contributed by atoms with Crippen LogP contribution in [0.2, 0.25) is 0 Å². The monoisotopic (exact) mass is 356 g/mol. The van der Waals surface area contributed by atoms with Gasteiger partial charge in [-0.25, -0.2) is 5.43 Å². The van der Waals surface area contributed by atoms with E-state index in [-0.39, 0.29) is 11.4 Å². The number of carbonyl (C=O) groups excluding carboxylic acids is 1. The maximum absolute atomic E-state index is 12.2. The van der Waals surface area contributed by atoms with Crippen LogP contribution in [0.1, 0.15) is 23.0 Å². The second kappa shape index (κ2) is 7.18. The molecular formula is C17H16N4O3S. The SMILES string of the molecule is COc1cc(C(C)=NNC(=O)c2cc(-c3cccs3)[nH]n2)ccc1O. The minimum Gasteiger partial charge on any atom is -0.504 e. The summed E-state index contributed by atoms with van der Waals surface area (Å²) < 4.78 is 5.06. The van der Waals surface area contributed by atoms with E-state index in [2.05, 4.69) is 20.7 Å². The van der Waals surface area contributed by atoms with Gasteiger partial charge in [-0.1, -0.05) is 6.07 Å². The molecule has 0 bridgehead atoms. The number of hydrazone groups is 1. The number of hydrogen-bond acceptors (Lipinski definition) is 6. The van der Waals surface area contributed by atoms with Crippen LogP contribution in [0.25, 0.3) is 10.6 Å². The number of thiophene rings is 1. The van der Waals surface area contributed by atoms with Gasteiger partial charge in [0.15, 0.2) is 17.2 Å². The van der Waals surface area contributed by atoms with E-state index in [0.29, 0.717) is 11.5 Å². The molecule has 25 heavy (non-hydrogen) atoms. The van der Waals surface area contributed by atoms with Gasteiger partial charge in [-0.15, -0.1) is 11.3 Å². The maximum atomic E-state index is 12.2. The number of aromatic hydroxyl groups is 1. The summed E-state index contributed by atoms with van der Waals surface area (Å²) in [5.74, 6) is -0.0314. The zero-order valence-corrected chi connectivity index (χ0v) is 14.4. The van der Waals surface area contributed by atoms with Gasteiger partial charge in [-0.05, 0) is 42.6 Å². The number of nitrogens with one attached hydrogen (secondary N) is 2. The predicted molar refractivity (Wildman–Crippen MR) is 96.2 cm³/mol. The van der Waals surface area contributed by atoms with Crippen LogP contribution in [-0.2, 0) is 0 Å². The lowest BCUT2D eigenvalue weighted by molar-refractivity contribution is 0.0950. The highest BCUT2D eigenvalue weighted by Gasteiger charge is 2.12. The van der Waals surface area contributed by atoms with Crippen LogP contribution in [0.5, 0.6) is 11.5 Å². The number of H-pyrrole nitrogens is 1.